The Bertz CT molecular complexity index is 628. The molecule has 2 aromatic rings. The lowest BCUT2D eigenvalue weighted by Gasteiger charge is -2.28. The highest BCUT2D eigenvalue weighted by atomic mass is 35.5. The molecule has 0 saturated heterocycles. The Morgan fingerprint density at radius 1 is 0.905 bits per heavy atom. The Morgan fingerprint density at radius 3 is 1.86 bits per heavy atom. The summed E-state index contributed by atoms with van der Waals surface area (Å²) >= 11 is 17.8. The van der Waals surface area contributed by atoms with Gasteiger partial charge in [-0.2, -0.15) is 0 Å². The number of benzene rings is 2. The van der Waals surface area contributed by atoms with Crippen LogP contribution in [0.5, 0.6) is 5.75 Å². The van der Waals surface area contributed by atoms with Gasteiger partial charge < -0.3 is 4.74 Å². The molecular formula is C17H15Cl3O. The van der Waals surface area contributed by atoms with Crippen molar-refractivity contribution in [3.05, 3.63) is 75.4 Å². The van der Waals surface area contributed by atoms with E-state index in [1.807, 2.05) is 38.1 Å². The molecule has 0 atom stereocenters. The van der Waals surface area contributed by atoms with Crippen molar-refractivity contribution in [3.8, 4) is 5.75 Å². The third-order valence-corrected chi connectivity index (χ3v) is 4.02. The van der Waals surface area contributed by atoms with Gasteiger partial charge in [-0.1, -0.05) is 46.9 Å². The van der Waals surface area contributed by atoms with Gasteiger partial charge in [0.1, 0.15) is 11.5 Å². The van der Waals surface area contributed by atoms with Crippen molar-refractivity contribution in [1.29, 1.82) is 0 Å². The Kier molecular flexibility index (Phi) is 5.21. The van der Waals surface area contributed by atoms with Gasteiger partial charge in [0.2, 0.25) is 0 Å². The third kappa shape index (κ3) is 3.94. The molecule has 0 aliphatic carbocycles. The molecule has 0 heterocycles. The molecule has 0 radical (unpaired) electrons. The van der Waals surface area contributed by atoms with Gasteiger partial charge in [0.15, 0.2) is 0 Å². The van der Waals surface area contributed by atoms with Gasteiger partial charge in [0.05, 0.1) is 0 Å². The fraction of sp³-hybridized carbons (Fsp3) is 0.176. The smallest absolute Gasteiger partial charge is 0.127 e. The quantitative estimate of drug-likeness (QED) is 0.582. The molecule has 2 rings (SSSR count). The number of halogens is 3. The van der Waals surface area contributed by atoms with E-state index in [9.17, 15) is 0 Å². The Morgan fingerprint density at radius 2 is 1.38 bits per heavy atom. The van der Waals surface area contributed by atoms with E-state index in [4.69, 9.17) is 39.5 Å². The van der Waals surface area contributed by atoms with Crippen molar-refractivity contribution in [2.75, 3.05) is 0 Å². The van der Waals surface area contributed by atoms with E-state index in [0.29, 0.717) is 21.6 Å². The summed E-state index contributed by atoms with van der Waals surface area (Å²) in [6.07, 6.45) is 0. The van der Waals surface area contributed by atoms with Gasteiger partial charge >= 0.3 is 0 Å². The van der Waals surface area contributed by atoms with Crippen LogP contribution in [0, 0.1) is 0 Å². The Labute approximate surface area is 140 Å². The molecule has 0 amide bonds. The van der Waals surface area contributed by atoms with Gasteiger partial charge in [0, 0.05) is 21.0 Å². The van der Waals surface area contributed by atoms with Crippen LogP contribution in [-0.2, 0) is 5.41 Å². The van der Waals surface area contributed by atoms with Crippen LogP contribution in [0.2, 0.25) is 10.0 Å². The van der Waals surface area contributed by atoms with E-state index in [0.717, 1.165) is 5.56 Å². The van der Waals surface area contributed by atoms with Crippen molar-refractivity contribution in [2.24, 2.45) is 0 Å². The van der Waals surface area contributed by atoms with Crippen LogP contribution in [0.1, 0.15) is 19.4 Å². The number of ether oxygens (including phenoxy) is 1. The SMILES string of the molecule is CC(C)(/C(=C/Cl)Oc1ccc(Cl)cc1)c1ccc(Cl)cc1. The van der Waals surface area contributed by atoms with Crippen LogP contribution in [0.3, 0.4) is 0 Å². The molecule has 110 valence electrons. The molecule has 0 aliphatic heterocycles. The van der Waals surface area contributed by atoms with Crippen LogP contribution in [0.4, 0.5) is 0 Å². The zero-order chi connectivity index (χ0) is 15.5. The van der Waals surface area contributed by atoms with Gasteiger partial charge in [-0.05, 0) is 55.8 Å². The van der Waals surface area contributed by atoms with Gasteiger partial charge in [-0.3, -0.25) is 0 Å². The first-order chi connectivity index (χ1) is 9.93. The number of hydrogen-bond donors (Lipinski definition) is 0. The van der Waals surface area contributed by atoms with Crippen molar-refractivity contribution in [1.82, 2.24) is 0 Å². The lowest BCUT2D eigenvalue weighted by Crippen LogP contribution is -2.23. The molecule has 0 saturated carbocycles. The van der Waals surface area contributed by atoms with Crippen molar-refractivity contribution in [2.45, 2.75) is 19.3 Å². The molecule has 0 unspecified atom stereocenters. The minimum absolute atomic E-state index is 0.383. The highest BCUT2D eigenvalue weighted by Crippen LogP contribution is 2.34. The third-order valence-electron chi connectivity index (χ3n) is 3.32. The molecule has 21 heavy (non-hydrogen) atoms. The van der Waals surface area contributed by atoms with Crippen LogP contribution >= 0.6 is 34.8 Å². The maximum absolute atomic E-state index is 5.98. The van der Waals surface area contributed by atoms with Gasteiger partial charge in [-0.25, -0.2) is 0 Å². The van der Waals surface area contributed by atoms with E-state index >= 15 is 0 Å². The molecule has 0 N–H and O–H groups in total. The molecular weight excluding hydrogens is 327 g/mol. The number of rotatable bonds is 4. The minimum atomic E-state index is -0.383. The van der Waals surface area contributed by atoms with E-state index < -0.39 is 0 Å². The molecule has 4 heteroatoms. The first-order valence-corrected chi connectivity index (χ1v) is 7.63. The van der Waals surface area contributed by atoms with E-state index in [1.165, 1.54) is 5.54 Å². The van der Waals surface area contributed by atoms with Crippen LogP contribution in [0.15, 0.2) is 59.8 Å². The molecule has 2 aromatic carbocycles. The van der Waals surface area contributed by atoms with Gasteiger partial charge in [0.25, 0.3) is 0 Å². The maximum atomic E-state index is 5.98. The van der Waals surface area contributed by atoms with Crippen molar-refractivity contribution in [3.63, 3.8) is 0 Å². The molecule has 0 bridgehead atoms. The van der Waals surface area contributed by atoms with E-state index in [2.05, 4.69) is 0 Å². The summed E-state index contributed by atoms with van der Waals surface area (Å²) in [6.45, 7) is 4.08. The standard InChI is InChI=1S/C17H15Cl3O/c1-17(2,12-3-5-13(19)6-4-12)16(11-18)21-15-9-7-14(20)8-10-15/h3-11H,1-2H3/b16-11-. The second kappa shape index (κ2) is 6.74. The van der Waals surface area contributed by atoms with Crippen LogP contribution < -0.4 is 4.74 Å². The van der Waals surface area contributed by atoms with Crippen molar-refractivity contribution >= 4 is 34.8 Å². The molecule has 0 fully saturated rings. The Balaban J connectivity index is 2.27. The molecule has 0 aromatic heterocycles. The molecule has 0 spiro atoms. The predicted molar refractivity (Wildman–Crippen MR) is 90.5 cm³/mol. The van der Waals surface area contributed by atoms with Gasteiger partial charge in [-0.15, -0.1) is 0 Å². The normalized spacial score (nSPS) is 12.3. The Hall–Kier alpha value is -1.15. The lowest BCUT2D eigenvalue weighted by atomic mass is 9.83. The predicted octanol–water partition coefficient (Wildman–Crippen LogP) is 6.43. The first-order valence-electron chi connectivity index (χ1n) is 6.44. The summed E-state index contributed by atoms with van der Waals surface area (Å²) in [5.74, 6) is 1.34. The number of allylic oxidation sites excluding steroid dienone is 1. The van der Waals surface area contributed by atoms with E-state index in [-0.39, 0.29) is 5.41 Å². The second-order valence-electron chi connectivity index (χ2n) is 5.16. The monoisotopic (exact) mass is 340 g/mol. The number of hydrogen-bond acceptors (Lipinski definition) is 1. The topological polar surface area (TPSA) is 9.23 Å². The molecule has 0 aliphatic rings. The zero-order valence-corrected chi connectivity index (χ0v) is 14.0. The average Bonchev–Trinajstić information content (AvgIpc) is 2.47. The fourth-order valence-electron chi connectivity index (χ4n) is 1.92. The van der Waals surface area contributed by atoms with Crippen LogP contribution in [-0.4, -0.2) is 0 Å². The largest absolute Gasteiger partial charge is 0.460 e. The average molecular weight is 342 g/mol. The van der Waals surface area contributed by atoms with E-state index in [1.54, 1.807) is 24.3 Å². The first kappa shape index (κ1) is 16.2. The summed E-state index contributed by atoms with van der Waals surface area (Å²) in [6, 6.07) is 14.8. The van der Waals surface area contributed by atoms with Crippen molar-refractivity contribution < 1.29 is 4.74 Å². The summed E-state index contributed by atoms with van der Waals surface area (Å²) in [5.41, 5.74) is 2.14. The minimum Gasteiger partial charge on any atom is -0.460 e. The maximum Gasteiger partial charge on any atom is 0.127 e. The lowest BCUT2D eigenvalue weighted by molar-refractivity contribution is 0.339. The second-order valence-corrected chi connectivity index (χ2v) is 6.25. The summed E-state index contributed by atoms with van der Waals surface area (Å²) in [7, 11) is 0. The highest BCUT2D eigenvalue weighted by Gasteiger charge is 2.28. The summed E-state index contributed by atoms with van der Waals surface area (Å²) in [4.78, 5) is 0. The fourth-order valence-corrected chi connectivity index (χ4v) is 2.49. The summed E-state index contributed by atoms with van der Waals surface area (Å²) in [5, 5.41) is 1.36. The molecule has 1 nitrogen and oxygen atoms in total. The highest BCUT2D eigenvalue weighted by molar-refractivity contribution is 6.30. The van der Waals surface area contributed by atoms with Crippen LogP contribution in [0.25, 0.3) is 0 Å². The summed E-state index contributed by atoms with van der Waals surface area (Å²) < 4.78 is 5.91. The zero-order valence-electron chi connectivity index (χ0n) is 11.7.